The number of unbranched alkanes of at least 4 members (excludes halogenated alkanes) is 3. The summed E-state index contributed by atoms with van der Waals surface area (Å²) in [6.07, 6.45) is 2.90. The molecular formula is C32H47N5O5S. The molecule has 5 atom stereocenters. The average Bonchev–Trinajstić information content (AvgIpc) is 3.54. The number of carbonyl (C=O) groups is 4. The third-order valence-electron chi connectivity index (χ3n) is 8.30. The molecule has 1 unspecified atom stereocenters. The van der Waals surface area contributed by atoms with E-state index in [1.165, 1.54) is 4.90 Å². The first-order valence-corrected chi connectivity index (χ1v) is 16.0. The Hall–Kier alpha value is -3.31. The number of thiazole rings is 1. The van der Waals surface area contributed by atoms with E-state index in [0.29, 0.717) is 25.7 Å². The second-order valence-corrected chi connectivity index (χ2v) is 13.6. The molecule has 4 amide bonds. The number of aliphatic hydroxyl groups is 1. The number of likely N-dealkylation sites (tertiary alicyclic amines) is 1. The number of carbonyl (C=O) groups excluding carboxylic acids is 4. The zero-order valence-electron chi connectivity index (χ0n) is 26.0. The second kappa shape index (κ2) is 14.9. The summed E-state index contributed by atoms with van der Waals surface area (Å²) >= 11 is 1.58. The van der Waals surface area contributed by atoms with Crippen LogP contribution in [0.25, 0.3) is 10.4 Å². The van der Waals surface area contributed by atoms with Crippen LogP contribution in [0.2, 0.25) is 0 Å². The van der Waals surface area contributed by atoms with Crippen LogP contribution >= 0.6 is 11.3 Å². The summed E-state index contributed by atoms with van der Waals surface area (Å²) in [5.41, 5.74) is 15.2. The zero-order chi connectivity index (χ0) is 31.9. The lowest BCUT2D eigenvalue weighted by atomic mass is 9.70. The van der Waals surface area contributed by atoms with Gasteiger partial charge in [0, 0.05) is 25.3 Å². The minimum Gasteiger partial charge on any atom is -0.391 e. The van der Waals surface area contributed by atoms with Crippen molar-refractivity contribution in [2.45, 2.75) is 97.8 Å². The van der Waals surface area contributed by atoms with Crippen LogP contribution in [0.15, 0.2) is 29.8 Å². The number of β-amino-alcohol motifs (C(OH)–C–C–N with tert-alkyl or cyclic N) is 1. The molecule has 0 aliphatic carbocycles. The topological polar surface area (TPSA) is 169 Å². The van der Waals surface area contributed by atoms with Crippen molar-refractivity contribution in [3.8, 4) is 10.4 Å². The van der Waals surface area contributed by atoms with Gasteiger partial charge in [0.2, 0.25) is 23.6 Å². The van der Waals surface area contributed by atoms with Gasteiger partial charge in [-0.25, -0.2) is 4.98 Å². The summed E-state index contributed by atoms with van der Waals surface area (Å²) in [5.74, 6) is -3.09. The van der Waals surface area contributed by atoms with Gasteiger partial charge >= 0.3 is 0 Å². The monoisotopic (exact) mass is 613 g/mol. The highest BCUT2D eigenvalue weighted by Gasteiger charge is 2.47. The standard InChI is InChI=1S/C32H47N5O5S/c1-19(21-12-14-22(15-13-21)28-20(2)35-18-43-28)36-30(41)25-16-23(38)17-37(25)31(42)27(32(3,4)5)24(29(34)40)10-8-6-7-9-11-26(33)39/h12-15,18-19,23-25,27,38H,6-11,16-17H2,1-5H3,(H2,33,39)(H2,34,40)(H,36,41)/t19-,23+,24?,25-,27+/m0/s1. The summed E-state index contributed by atoms with van der Waals surface area (Å²) in [4.78, 5) is 58.2. The molecule has 0 radical (unpaired) electrons. The third-order valence-corrected chi connectivity index (χ3v) is 9.27. The maximum atomic E-state index is 14.1. The third kappa shape index (κ3) is 9.09. The van der Waals surface area contributed by atoms with E-state index in [2.05, 4.69) is 10.3 Å². The van der Waals surface area contributed by atoms with Crippen LogP contribution in [-0.2, 0) is 19.2 Å². The summed E-state index contributed by atoms with van der Waals surface area (Å²) in [7, 11) is 0. The number of hydrogen-bond acceptors (Lipinski definition) is 7. The number of nitrogens with zero attached hydrogens (tertiary/aromatic N) is 2. The Bertz CT molecular complexity index is 1270. The van der Waals surface area contributed by atoms with E-state index in [0.717, 1.165) is 34.5 Å². The molecule has 0 saturated carbocycles. The van der Waals surface area contributed by atoms with Crippen molar-refractivity contribution in [1.82, 2.24) is 15.2 Å². The number of primary amides is 2. The van der Waals surface area contributed by atoms with Gasteiger partial charge in [-0.1, -0.05) is 64.3 Å². The Kier molecular flexibility index (Phi) is 11.9. The number of nitrogens with two attached hydrogens (primary N) is 2. The largest absolute Gasteiger partial charge is 0.391 e. The number of rotatable bonds is 14. The van der Waals surface area contributed by atoms with Gasteiger partial charge in [-0.3, -0.25) is 19.2 Å². The molecule has 11 heteroatoms. The minimum atomic E-state index is -0.865. The van der Waals surface area contributed by atoms with Crippen molar-refractivity contribution in [3.63, 3.8) is 0 Å². The Balaban J connectivity index is 1.71. The van der Waals surface area contributed by atoms with Gasteiger partial charge in [0.1, 0.15) is 6.04 Å². The van der Waals surface area contributed by atoms with E-state index in [4.69, 9.17) is 11.5 Å². The molecule has 0 spiro atoms. The van der Waals surface area contributed by atoms with Crippen LogP contribution < -0.4 is 16.8 Å². The van der Waals surface area contributed by atoms with Gasteiger partial charge in [0.25, 0.3) is 0 Å². The van der Waals surface area contributed by atoms with Gasteiger partial charge < -0.3 is 26.8 Å². The number of hydrogen-bond donors (Lipinski definition) is 4. The first-order chi connectivity index (χ1) is 20.2. The lowest BCUT2D eigenvalue weighted by Crippen LogP contribution is -2.53. The van der Waals surface area contributed by atoms with Crippen LogP contribution in [0.5, 0.6) is 0 Å². The quantitative estimate of drug-likeness (QED) is 0.236. The molecular weight excluding hydrogens is 566 g/mol. The molecule has 2 aromatic rings. The van der Waals surface area contributed by atoms with Gasteiger partial charge in [-0.2, -0.15) is 0 Å². The van der Waals surface area contributed by atoms with E-state index in [1.807, 2.05) is 64.4 Å². The molecule has 3 rings (SSSR count). The summed E-state index contributed by atoms with van der Waals surface area (Å²) < 4.78 is 0. The van der Waals surface area contributed by atoms with Gasteiger partial charge in [-0.15, -0.1) is 11.3 Å². The van der Waals surface area contributed by atoms with Crippen LogP contribution in [-0.4, -0.2) is 57.3 Å². The van der Waals surface area contributed by atoms with E-state index in [-0.39, 0.29) is 36.7 Å². The maximum Gasteiger partial charge on any atom is 0.243 e. The lowest BCUT2D eigenvalue weighted by molar-refractivity contribution is -0.149. The fourth-order valence-electron chi connectivity index (χ4n) is 6.02. The van der Waals surface area contributed by atoms with Gasteiger partial charge in [0.05, 0.1) is 34.1 Å². The molecule has 1 fully saturated rings. The van der Waals surface area contributed by atoms with Crippen LogP contribution in [0, 0.1) is 24.2 Å². The molecule has 10 nitrogen and oxygen atoms in total. The first-order valence-electron chi connectivity index (χ1n) is 15.1. The van der Waals surface area contributed by atoms with E-state index < -0.39 is 35.3 Å². The SMILES string of the molecule is Cc1ncsc1-c1ccc([C@H](C)NC(=O)[C@@H]2C[C@@H](O)CN2C(=O)[C@@H](C(CCCCCCC(N)=O)C(N)=O)C(C)(C)C)cc1. The van der Waals surface area contributed by atoms with E-state index in [9.17, 15) is 24.3 Å². The van der Waals surface area contributed by atoms with Crippen molar-refractivity contribution >= 4 is 35.0 Å². The highest BCUT2D eigenvalue weighted by molar-refractivity contribution is 7.13. The van der Waals surface area contributed by atoms with Crippen molar-refractivity contribution in [2.24, 2.45) is 28.7 Å². The van der Waals surface area contributed by atoms with Crippen LogP contribution in [0.4, 0.5) is 0 Å². The van der Waals surface area contributed by atoms with Crippen LogP contribution in [0.1, 0.15) is 89.9 Å². The fourth-order valence-corrected chi connectivity index (χ4v) is 6.83. The first kappa shape index (κ1) is 34.2. The average molecular weight is 614 g/mol. The summed E-state index contributed by atoms with van der Waals surface area (Å²) in [6, 6.07) is 6.74. The Morgan fingerprint density at radius 1 is 1.09 bits per heavy atom. The van der Waals surface area contributed by atoms with Crippen LogP contribution in [0.3, 0.4) is 0 Å². The number of aliphatic hydroxyl groups excluding tert-OH is 1. The Labute approximate surface area is 258 Å². The number of benzene rings is 1. The predicted molar refractivity (Wildman–Crippen MR) is 167 cm³/mol. The zero-order valence-corrected chi connectivity index (χ0v) is 26.8. The minimum absolute atomic E-state index is 0.0133. The Morgan fingerprint density at radius 3 is 2.30 bits per heavy atom. The van der Waals surface area contributed by atoms with Gasteiger partial charge in [0.15, 0.2) is 0 Å². The highest BCUT2D eigenvalue weighted by atomic mass is 32.1. The molecule has 1 aliphatic rings. The molecule has 236 valence electrons. The number of nitrogens with one attached hydrogen (secondary N) is 1. The van der Waals surface area contributed by atoms with Crippen molar-refractivity contribution in [3.05, 3.63) is 41.0 Å². The van der Waals surface area contributed by atoms with E-state index >= 15 is 0 Å². The predicted octanol–water partition coefficient (Wildman–Crippen LogP) is 3.85. The van der Waals surface area contributed by atoms with Gasteiger partial charge in [-0.05, 0) is 43.2 Å². The molecule has 1 aromatic heterocycles. The van der Waals surface area contributed by atoms with E-state index in [1.54, 1.807) is 11.3 Å². The Morgan fingerprint density at radius 2 is 1.74 bits per heavy atom. The number of amides is 4. The second-order valence-electron chi connectivity index (χ2n) is 12.8. The smallest absolute Gasteiger partial charge is 0.243 e. The molecule has 1 aromatic carbocycles. The lowest BCUT2D eigenvalue weighted by Gasteiger charge is -2.38. The molecule has 2 heterocycles. The molecule has 1 aliphatic heterocycles. The van der Waals surface area contributed by atoms with Crippen molar-refractivity contribution < 1.29 is 24.3 Å². The fraction of sp³-hybridized carbons (Fsp3) is 0.594. The maximum absolute atomic E-state index is 14.1. The molecule has 1 saturated heterocycles. The normalized spacial score (nSPS) is 19.1. The summed E-state index contributed by atoms with van der Waals surface area (Å²) in [5, 5.41) is 13.6. The molecule has 6 N–H and O–H groups in total. The van der Waals surface area contributed by atoms with Crippen molar-refractivity contribution in [2.75, 3.05) is 6.54 Å². The summed E-state index contributed by atoms with van der Waals surface area (Å²) in [6.45, 7) is 9.53. The molecule has 0 bridgehead atoms. The highest BCUT2D eigenvalue weighted by Crippen LogP contribution is 2.38. The van der Waals surface area contributed by atoms with Crippen molar-refractivity contribution in [1.29, 1.82) is 0 Å². The number of aromatic nitrogens is 1. The number of aryl methyl sites for hydroxylation is 1. The molecule has 43 heavy (non-hydrogen) atoms.